The highest BCUT2D eigenvalue weighted by Crippen LogP contribution is 2.27. The molecule has 2 aromatic rings. The molecule has 1 heterocycles. The molecule has 100 valence electrons. The molecule has 0 saturated carbocycles. The van der Waals surface area contributed by atoms with Gasteiger partial charge in [-0.25, -0.2) is 4.39 Å². The lowest BCUT2D eigenvalue weighted by Crippen LogP contribution is -2.13. The predicted octanol–water partition coefficient (Wildman–Crippen LogP) is 3.72. The first kappa shape index (κ1) is 13.8. The van der Waals surface area contributed by atoms with Crippen LogP contribution in [0.25, 0.3) is 0 Å². The summed E-state index contributed by atoms with van der Waals surface area (Å²) in [5, 5.41) is 8.94. The number of halogens is 3. The Labute approximate surface area is 118 Å². The summed E-state index contributed by atoms with van der Waals surface area (Å²) in [6.07, 6.45) is 0. The molecular formula is C12H10Cl2FN3O. The Kier molecular flexibility index (Phi) is 3.78. The first-order valence-corrected chi connectivity index (χ1v) is 6.13. The minimum absolute atomic E-state index is 0.150. The predicted molar refractivity (Wildman–Crippen MR) is 72.4 cm³/mol. The fraction of sp³-hybridized carbons (Fsp3) is 0.167. The Morgan fingerprint density at radius 2 is 1.89 bits per heavy atom. The van der Waals surface area contributed by atoms with Crippen LogP contribution in [0.15, 0.2) is 12.1 Å². The number of aryl methyl sites for hydroxylation is 2. The summed E-state index contributed by atoms with van der Waals surface area (Å²) in [4.78, 5) is 12.1. The van der Waals surface area contributed by atoms with Gasteiger partial charge in [-0.1, -0.05) is 23.2 Å². The second-order valence-electron chi connectivity index (χ2n) is 4.02. The number of hydrogen-bond donors (Lipinski definition) is 2. The van der Waals surface area contributed by atoms with Gasteiger partial charge in [0.1, 0.15) is 0 Å². The van der Waals surface area contributed by atoms with Gasteiger partial charge in [-0.3, -0.25) is 9.89 Å². The van der Waals surface area contributed by atoms with E-state index in [-0.39, 0.29) is 16.0 Å². The number of nitrogens with zero attached hydrogens (tertiary/aromatic N) is 1. The molecule has 7 heteroatoms. The maximum atomic E-state index is 13.3. The molecule has 0 aliphatic carbocycles. The van der Waals surface area contributed by atoms with Gasteiger partial charge in [0.05, 0.1) is 21.3 Å². The number of aromatic amines is 1. The first-order valence-electron chi connectivity index (χ1n) is 5.37. The summed E-state index contributed by atoms with van der Waals surface area (Å²) in [6.45, 7) is 3.45. The summed E-state index contributed by atoms with van der Waals surface area (Å²) in [7, 11) is 0. The normalized spacial score (nSPS) is 10.6. The van der Waals surface area contributed by atoms with E-state index in [0.717, 1.165) is 0 Å². The highest BCUT2D eigenvalue weighted by Gasteiger charge is 2.16. The van der Waals surface area contributed by atoms with Crippen molar-refractivity contribution in [1.29, 1.82) is 0 Å². The lowest BCUT2D eigenvalue weighted by Gasteiger charge is -2.07. The van der Waals surface area contributed by atoms with Gasteiger partial charge in [-0.2, -0.15) is 5.10 Å². The Morgan fingerprint density at radius 1 is 1.32 bits per heavy atom. The van der Waals surface area contributed by atoms with Gasteiger partial charge in [0.15, 0.2) is 5.82 Å². The fourth-order valence-corrected chi connectivity index (χ4v) is 2.19. The topological polar surface area (TPSA) is 57.8 Å². The van der Waals surface area contributed by atoms with Crippen molar-refractivity contribution in [3.05, 3.63) is 44.9 Å². The van der Waals surface area contributed by atoms with Gasteiger partial charge < -0.3 is 5.32 Å². The van der Waals surface area contributed by atoms with E-state index >= 15 is 0 Å². The van der Waals surface area contributed by atoms with E-state index < -0.39 is 5.82 Å². The zero-order valence-electron chi connectivity index (χ0n) is 10.1. The molecule has 0 radical (unpaired) electrons. The largest absolute Gasteiger partial charge is 0.322 e. The lowest BCUT2D eigenvalue weighted by atomic mass is 10.2. The third kappa shape index (κ3) is 2.72. The van der Waals surface area contributed by atoms with Crippen LogP contribution in [-0.4, -0.2) is 16.1 Å². The van der Waals surface area contributed by atoms with Crippen LogP contribution in [0.1, 0.15) is 21.7 Å². The molecule has 1 amide bonds. The van der Waals surface area contributed by atoms with Gasteiger partial charge in [-0.15, -0.1) is 0 Å². The number of anilines is 1. The third-order valence-electron chi connectivity index (χ3n) is 2.60. The Balaban J connectivity index is 2.30. The molecule has 1 aromatic heterocycles. The molecule has 0 bridgehead atoms. The molecule has 0 aliphatic heterocycles. The van der Waals surface area contributed by atoms with Crippen LogP contribution in [0, 0.1) is 19.7 Å². The van der Waals surface area contributed by atoms with Gasteiger partial charge in [0.25, 0.3) is 5.91 Å². The minimum Gasteiger partial charge on any atom is -0.322 e. The van der Waals surface area contributed by atoms with Gasteiger partial charge in [0.2, 0.25) is 0 Å². The number of H-pyrrole nitrogens is 1. The van der Waals surface area contributed by atoms with Crippen molar-refractivity contribution < 1.29 is 9.18 Å². The second kappa shape index (κ2) is 5.19. The Bertz CT molecular complexity index is 612. The number of hydrogen-bond acceptors (Lipinski definition) is 2. The molecule has 0 atom stereocenters. The summed E-state index contributed by atoms with van der Waals surface area (Å²) in [5.74, 6) is -1.07. The number of carbonyl (C=O) groups is 1. The van der Waals surface area contributed by atoms with E-state index in [0.29, 0.717) is 22.6 Å². The number of benzene rings is 1. The zero-order chi connectivity index (χ0) is 14.2. The molecule has 0 aliphatic rings. The number of amides is 1. The molecule has 4 nitrogen and oxygen atoms in total. The second-order valence-corrected chi connectivity index (χ2v) is 4.83. The van der Waals surface area contributed by atoms with Crippen LogP contribution < -0.4 is 5.32 Å². The molecule has 1 aromatic carbocycles. The summed E-state index contributed by atoms with van der Waals surface area (Å²) >= 11 is 11.3. The average Bonchev–Trinajstić information content (AvgIpc) is 2.66. The smallest absolute Gasteiger partial charge is 0.259 e. The maximum Gasteiger partial charge on any atom is 0.259 e. The van der Waals surface area contributed by atoms with Crippen LogP contribution in [0.5, 0.6) is 0 Å². The summed E-state index contributed by atoms with van der Waals surface area (Å²) in [6, 6.07) is 2.59. The number of aromatic nitrogens is 2. The minimum atomic E-state index is -0.711. The van der Waals surface area contributed by atoms with E-state index in [1.54, 1.807) is 13.8 Å². The zero-order valence-corrected chi connectivity index (χ0v) is 11.7. The van der Waals surface area contributed by atoms with Crippen molar-refractivity contribution >= 4 is 34.8 Å². The van der Waals surface area contributed by atoms with Crippen molar-refractivity contribution in [2.45, 2.75) is 13.8 Å². The van der Waals surface area contributed by atoms with E-state index in [2.05, 4.69) is 15.5 Å². The number of rotatable bonds is 2. The first-order chi connectivity index (χ1) is 8.90. The van der Waals surface area contributed by atoms with Crippen LogP contribution >= 0.6 is 23.2 Å². The third-order valence-corrected chi connectivity index (χ3v) is 3.15. The van der Waals surface area contributed by atoms with Crippen LogP contribution in [0.3, 0.4) is 0 Å². The molecule has 2 rings (SSSR count). The standard InChI is InChI=1S/C12H10Cl2FN3O/c1-5-10(6(2)18-17-5)12(19)16-7-3-8(13)11(15)9(14)4-7/h3-4H,1-2H3,(H,16,19)(H,17,18). The average molecular weight is 302 g/mol. The number of carbonyl (C=O) groups excluding carboxylic acids is 1. The SMILES string of the molecule is Cc1n[nH]c(C)c1C(=O)Nc1cc(Cl)c(F)c(Cl)c1. The van der Waals surface area contributed by atoms with Crippen molar-refractivity contribution in [1.82, 2.24) is 10.2 Å². The highest BCUT2D eigenvalue weighted by atomic mass is 35.5. The van der Waals surface area contributed by atoms with E-state index in [4.69, 9.17) is 23.2 Å². The van der Waals surface area contributed by atoms with Crippen LogP contribution in [0.2, 0.25) is 10.0 Å². The van der Waals surface area contributed by atoms with E-state index in [1.165, 1.54) is 12.1 Å². The van der Waals surface area contributed by atoms with Crippen LogP contribution in [-0.2, 0) is 0 Å². The number of nitrogens with one attached hydrogen (secondary N) is 2. The van der Waals surface area contributed by atoms with Crippen LogP contribution in [0.4, 0.5) is 10.1 Å². The van der Waals surface area contributed by atoms with Gasteiger partial charge >= 0.3 is 0 Å². The quantitative estimate of drug-likeness (QED) is 0.831. The van der Waals surface area contributed by atoms with E-state index in [1.807, 2.05) is 0 Å². The van der Waals surface area contributed by atoms with E-state index in [9.17, 15) is 9.18 Å². The molecule has 0 saturated heterocycles. The molecule has 0 spiro atoms. The lowest BCUT2D eigenvalue weighted by molar-refractivity contribution is 0.102. The summed E-state index contributed by atoms with van der Waals surface area (Å²) in [5.41, 5.74) is 1.99. The van der Waals surface area contributed by atoms with Crippen molar-refractivity contribution in [2.24, 2.45) is 0 Å². The van der Waals surface area contributed by atoms with Gasteiger partial charge in [0, 0.05) is 11.4 Å². The monoisotopic (exact) mass is 301 g/mol. The van der Waals surface area contributed by atoms with Crippen molar-refractivity contribution in [2.75, 3.05) is 5.32 Å². The highest BCUT2D eigenvalue weighted by molar-refractivity contribution is 6.35. The molecule has 0 fully saturated rings. The molecule has 0 unspecified atom stereocenters. The Hall–Kier alpha value is -1.59. The molecule has 19 heavy (non-hydrogen) atoms. The molecular weight excluding hydrogens is 292 g/mol. The Morgan fingerprint density at radius 3 is 2.37 bits per heavy atom. The maximum absolute atomic E-state index is 13.3. The van der Waals surface area contributed by atoms with Crippen molar-refractivity contribution in [3.63, 3.8) is 0 Å². The fourth-order valence-electron chi connectivity index (χ4n) is 1.71. The van der Waals surface area contributed by atoms with Crippen molar-refractivity contribution in [3.8, 4) is 0 Å². The van der Waals surface area contributed by atoms with Gasteiger partial charge in [-0.05, 0) is 26.0 Å². The molecule has 2 N–H and O–H groups in total. The summed E-state index contributed by atoms with van der Waals surface area (Å²) < 4.78 is 13.3.